The van der Waals surface area contributed by atoms with Crippen molar-refractivity contribution in [1.82, 2.24) is 5.32 Å². The number of amides is 2. The molecule has 0 aliphatic rings. The van der Waals surface area contributed by atoms with E-state index in [-0.39, 0.29) is 6.42 Å². The van der Waals surface area contributed by atoms with Crippen LogP contribution in [0.4, 0.5) is 0 Å². The molecule has 0 spiro atoms. The van der Waals surface area contributed by atoms with Gasteiger partial charge in [-0.15, -0.1) is 0 Å². The molecule has 0 heterocycles. The highest BCUT2D eigenvalue weighted by Crippen LogP contribution is 2.23. The molecule has 1 atom stereocenters. The number of nitriles is 1. The lowest BCUT2D eigenvalue weighted by Gasteiger charge is -2.11. The van der Waals surface area contributed by atoms with Crippen LogP contribution in [0.25, 0.3) is 0 Å². The highest BCUT2D eigenvalue weighted by molar-refractivity contribution is 6.04. The normalized spacial score (nSPS) is 11.1. The van der Waals surface area contributed by atoms with Gasteiger partial charge in [0.2, 0.25) is 5.91 Å². The lowest BCUT2D eigenvalue weighted by Crippen LogP contribution is -2.31. The Balaban J connectivity index is 2.03. The van der Waals surface area contributed by atoms with Crippen molar-refractivity contribution in [3.05, 3.63) is 65.7 Å². The van der Waals surface area contributed by atoms with Gasteiger partial charge in [-0.25, -0.2) is 0 Å². The third-order valence-electron chi connectivity index (χ3n) is 3.33. The first-order valence-electron chi connectivity index (χ1n) is 7.07. The number of nitrogens with zero attached hydrogens (tertiary/aromatic N) is 1. The van der Waals surface area contributed by atoms with Crippen molar-refractivity contribution in [2.45, 2.75) is 12.3 Å². The third-order valence-corrected chi connectivity index (χ3v) is 3.33. The van der Waals surface area contributed by atoms with E-state index in [2.05, 4.69) is 11.4 Å². The van der Waals surface area contributed by atoms with Crippen molar-refractivity contribution >= 4 is 11.8 Å². The minimum Gasteiger partial charge on any atom is -0.497 e. The average molecular weight is 308 g/mol. The minimum absolute atomic E-state index is 0.0950. The van der Waals surface area contributed by atoms with Gasteiger partial charge in [0, 0.05) is 12.0 Å². The standard InChI is InChI=1S/C18H16N2O3/c1-23-16-9-5-8-14(10-16)15(12-19)11-17(21)20-18(22)13-6-3-2-4-7-13/h2-10,15H,11H2,1H3,(H,20,21,22). The van der Waals surface area contributed by atoms with E-state index in [0.29, 0.717) is 16.9 Å². The zero-order valence-corrected chi connectivity index (χ0v) is 12.7. The number of rotatable bonds is 5. The number of carbonyl (C=O) groups excluding carboxylic acids is 2. The second kappa shape index (κ2) is 7.76. The second-order valence-electron chi connectivity index (χ2n) is 4.91. The molecule has 2 amide bonds. The topological polar surface area (TPSA) is 79.2 Å². The monoisotopic (exact) mass is 308 g/mol. The number of methoxy groups -OCH3 is 1. The van der Waals surface area contributed by atoms with E-state index in [4.69, 9.17) is 4.74 Å². The first kappa shape index (κ1) is 16.2. The van der Waals surface area contributed by atoms with Gasteiger partial charge in [-0.1, -0.05) is 30.3 Å². The van der Waals surface area contributed by atoms with Crippen LogP contribution in [0.3, 0.4) is 0 Å². The van der Waals surface area contributed by atoms with Crippen LogP contribution in [0.5, 0.6) is 5.75 Å². The summed E-state index contributed by atoms with van der Waals surface area (Å²) in [6.07, 6.45) is -0.0950. The smallest absolute Gasteiger partial charge is 0.257 e. The quantitative estimate of drug-likeness (QED) is 0.921. The molecule has 0 saturated carbocycles. The number of hydrogen-bond acceptors (Lipinski definition) is 4. The fourth-order valence-corrected chi connectivity index (χ4v) is 2.12. The van der Waals surface area contributed by atoms with E-state index in [1.807, 2.05) is 0 Å². The summed E-state index contributed by atoms with van der Waals surface area (Å²) < 4.78 is 5.11. The number of nitrogens with one attached hydrogen (secondary N) is 1. The molecule has 1 N–H and O–H groups in total. The molecular weight excluding hydrogens is 292 g/mol. The fourth-order valence-electron chi connectivity index (χ4n) is 2.12. The Bertz CT molecular complexity index is 735. The van der Waals surface area contributed by atoms with Gasteiger partial charge in [0.05, 0.1) is 19.1 Å². The second-order valence-corrected chi connectivity index (χ2v) is 4.91. The highest BCUT2D eigenvalue weighted by atomic mass is 16.5. The summed E-state index contributed by atoms with van der Waals surface area (Å²) in [5.74, 6) is -0.997. The average Bonchev–Trinajstić information content (AvgIpc) is 2.60. The summed E-state index contributed by atoms with van der Waals surface area (Å²) >= 11 is 0. The summed E-state index contributed by atoms with van der Waals surface area (Å²) in [7, 11) is 1.53. The van der Waals surface area contributed by atoms with Crippen LogP contribution >= 0.6 is 0 Å². The summed E-state index contributed by atoms with van der Waals surface area (Å²) in [6.45, 7) is 0. The Kier molecular flexibility index (Phi) is 5.48. The maximum absolute atomic E-state index is 12.0. The van der Waals surface area contributed by atoms with Gasteiger partial charge < -0.3 is 4.74 Å². The zero-order valence-electron chi connectivity index (χ0n) is 12.7. The molecule has 23 heavy (non-hydrogen) atoms. The summed E-state index contributed by atoms with van der Waals surface area (Å²) in [5, 5.41) is 11.6. The lowest BCUT2D eigenvalue weighted by atomic mass is 9.96. The number of benzene rings is 2. The van der Waals surface area contributed by atoms with Crippen LogP contribution in [-0.2, 0) is 4.79 Å². The number of ether oxygens (including phenoxy) is 1. The van der Waals surface area contributed by atoms with Crippen LogP contribution in [0.1, 0.15) is 28.3 Å². The zero-order chi connectivity index (χ0) is 16.7. The molecule has 5 heteroatoms. The van der Waals surface area contributed by atoms with E-state index < -0.39 is 17.7 Å². The van der Waals surface area contributed by atoms with Crippen LogP contribution in [-0.4, -0.2) is 18.9 Å². The maximum atomic E-state index is 12.0. The summed E-state index contributed by atoms with van der Waals surface area (Å²) in [4.78, 5) is 23.9. The van der Waals surface area contributed by atoms with Gasteiger partial charge in [0.25, 0.3) is 5.91 Å². The summed E-state index contributed by atoms with van der Waals surface area (Å²) in [6, 6.07) is 17.5. The molecule has 5 nitrogen and oxygen atoms in total. The van der Waals surface area contributed by atoms with Crippen LogP contribution < -0.4 is 10.1 Å². The molecule has 0 aliphatic heterocycles. The highest BCUT2D eigenvalue weighted by Gasteiger charge is 2.18. The molecule has 0 aliphatic carbocycles. The maximum Gasteiger partial charge on any atom is 0.257 e. The van der Waals surface area contributed by atoms with Gasteiger partial charge in [0.15, 0.2) is 0 Å². The molecule has 2 rings (SSSR count). The number of carbonyl (C=O) groups is 2. The van der Waals surface area contributed by atoms with Gasteiger partial charge in [-0.2, -0.15) is 5.26 Å². The van der Waals surface area contributed by atoms with Crippen LogP contribution in [0.2, 0.25) is 0 Å². The van der Waals surface area contributed by atoms with Gasteiger partial charge in [-0.3, -0.25) is 14.9 Å². The number of hydrogen-bond donors (Lipinski definition) is 1. The minimum atomic E-state index is -0.645. The van der Waals surface area contributed by atoms with Crippen LogP contribution in [0, 0.1) is 11.3 Å². The molecule has 0 aromatic heterocycles. The first-order chi connectivity index (χ1) is 11.1. The largest absolute Gasteiger partial charge is 0.497 e. The van der Waals surface area contributed by atoms with Gasteiger partial charge in [0.1, 0.15) is 5.75 Å². The first-order valence-corrected chi connectivity index (χ1v) is 7.07. The fraction of sp³-hybridized carbons (Fsp3) is 0.167. The number of imide groups is 1. The van der Waals surface area contributed by atoms with Crippen molar-refractivity contribution in [3.63, 3.8) is 0 Å². The molecular formula is C18H16N2O3. The molecule has 1 unspecified atom stereocenters. The third kappa shape index (κ3) is 4.42. The Hall–Kier alpha value is -3.13. The van der Waals surface area contributed by atoms with Crippen molar-refractivity contribution < 1.29 is 14.3 Å². The van der Waals surface area contributed by atoms with E-state index in [0.717, 1.165) is 0 Å². The molecule has 0 fully saturated rings. The molecule has 2 aromatic carbocycles. The Morgan fingerprint density at radius 1 is 1.17 bits per heavy atom. The van der Waals surface area contributed by atoms with E-state index in [9.17, 15) is 14.9 Å². The Labute approximate surface area is 134 Å². The lowest BCUT2D eigenvalue weighted by molar-refractivity contribution is -0.120. The molecule has 2 aromatic rings. The SMILES string of the molecule is COc1cccc(C(C#N)CC(=O)NC(=O)c2ccccc2)c1. The van der Waals surface area contributed by atoms with Crippen molar-refractivity contribution in [1.29, 1.82) is 5.26 Å². The van der Waals surface area contributed by atoms with Crippen LogP contribution in [0.15, 0.2) is 54.6 Å². The van der Waals surface area contributed by atoms with Crippen molar-refractivity contribution in [3.8, 4) is 11.8 Å². The molecule has 0 radical (unpaired) electrons. The summed E-state index contributed by atoms with van der Waals surface area (Å²) in [5.41, 5.74) is 1.07. The molecule has 0 saturated heterocycles. The Morgan fingerprint density at radius 2 is 1.91 bits per heavy atom. The molecule has 116 valence electrons. The van der Waals surface area contributed by atoms with E-state index in [1.54, 1.807) is 54.6 Å². The van der Waals surface area contributed by atoms with E-state index in [1.165, 1.54) is 7.11 Å². The predicted molar refractivity (Wildman–Crippen MR) is 84.9 cm³/mol. The van der Waals surface area contributed by atoms with Crippen molar-refractivity contribution in [2.75, 3.05) is 7.11 Å². The predicted octanol–water partition coefficient (Wildman–Crippen LogP) is 2.65. The van der Waals surface area contributed by atoms with E-state index >= 15 is 0 Å². The van der Waals surface area contributed by atoms with Crippen molar-refractivity contribution in [2.24, 2.45) is 0 Å². The Morgan fingerprint density at radius 3 is 2.57 bits per heavy atom. The van der Waals surface area contributed by atoms with Gasteiger partial charge >= 0.3 is 0 Å². The molecule has 0 bridgehead atoms. The van der Waals surface area contributed by atoms with Gasteiger partial charge in [-0.05, 0) is 29.8 Å².